The predicted molar refractivity (Wildman–Crippen MR) is 71.2 cm³/mol. The highest BCUT2D eigenvalue weighted by Gasteiger charge is 2.16. The average molecular weight is 299 g/mol. The molecule has 2 aromatic rings. The molecule has 0 radical (unpaired) electrons. The highest BCUT2D eigenvalue weighted by molar-refractivity contribution is 6.67. The van der Waals surface area contributed by atoms with Crippen LogP contribution in [0.3, 0.4) is 0 Å². The highest BCUT2D eigenvalue weighted by Crippen LogP contribution is 2.19. The molecule has 0 spiro atoms. The number of hydrogen-bond acceptors (Lipinski definition) is 5. The van der Waals surface area contributed by atoms with E-state index in [0.717, 1.165) is 0 Å². The van der Waals surface area contributed by atoms with Crippen molar-refractivity contribution in [3.8, 4) is 5.82 Å². The maximum Gasteiger partial charge on any atom is 0.271 e. The quantitative estimate of drug-likeness (QED) is 0.493. The van der Waals surface area contributed by atoms with Gasteiger partial charge in [0.25, 0.3) is 5.24 Å². The monoisotopic (exact) mass is 298 g/mol. The molecule has 0 aliphatic heterocycles. The summed E-state index contributed by atoms with van der Waals surface area (Å²) in [6.07, 6.45) is 2.88. The number of nitrogens with zero attached hydrogens (tertiary/aromatic N) is 4. The van der Waals surface area contributed by atoms with Gasteiger partial charge < -0.3 is 4.84 Å². The van der Waals surface area contributed by atoms with Gasteiger partial charge in [-0.25, -0.2) is 9.67 Å². The molecule has 0 fully saturated rings. The number of rotatable bonds is 4. The second kappa shape index (κ2) is 5.81. The molecule has 0 atom stereocenters. The van der Waals surface area contributed by atoms with Crippen LogP contribution < -0.4 is 0 Å². The molecule has 0 saturated heterocycles. The minimum atomic E-state index is -0.675. The molecule has 8 heteroatoms. The van der Waals surface area contributed by atoms with Crippen LogP contribution in [0.1, 0.15) is 16.2 Å². The molecule has 0 aliphatic carbocycles. The maximum atomic E-state index is 11.4. The number of pyridine rings is 1. The molecule has 0 aliphatic rings. The zero-order chi connectivity index (χ0) is 13.8. The lowest BCUT2D eigenvalue weighted by Crippen LogP contribution is -2.07. The summed E-state index contributed by atoms with van der Waals surface area (Å²) in [6.45, 7) is 0. The number of oxime groups is 1. The Labute approximate surface area is 118 Å². The van der Waals surface area contributed by atoms with Gasteiger partial charge in [0.15, 0.2) is 5.82 Å². The Morgan fingerprint density at radius 1 is 1.58 bits per heavy atom. The van der Waals surface area contributed by atoms with E-state index in [2.05, 4.69) is 20.1 Å². The predicted octanol–water partition coefficient (Wildman–Crippen LogP) is 2.28. The van der Waals surface area contributed by atoms with E-state index in [1.807, 2.05) is 0 Å². The maximum absolute atomic E-state index is 11.4. The zero-order valence-electron chi connectivity index (χ0n) is 9.75. The van der Waals surface area contributed by atoms with Crippen LogP contribution in [0.25, 0.3) is 5.82 Å². The van der Waals surface area contributed by atoms with Crippen LogP contribution in [0.4, 0.5) is 0 Å². The second-order valence-corrected chi connectivity index (χ2v) is 4.12. The Morgan fingerprint density at radius 3 is 3.00 bits per heavy atom. The molecule has 0 amide bonds. The normalized spacial score (nSPS) is 10.9. The Hall–Kier alpha value is -1.92. The van der Waals surface area contributed by atoms with Crippen LogP contribution in [0.15, 0.2) is 29.6 Å². The van der Waals surface area contributed by atoms with Gasteiger partial charge in [-0.1, -0.05) is 16.8 Å². The van der Waals surface area contributed by atoms with Crippen molar-refractivity contribution in [2.75, 3.05) is 7.11 Å². The molecule has 19 heavy (non-hydrogen) atoms. The number of hydrogen-bond donors (Lipinski definition) is 0. The van der Waals surface area contributed by atoms with Crippen molar-refractivity contribution in [3.63, 3.8) is 0 Å². The molecule has 0 unspecified atom stereocenters. The minimum absolute atomic E-state index is 0.139. The van der Waals surface area contributed by atoms with Crippen LogP contribution in [-0.4, -0.2) is 33.3 Å². The summed E-state index contributed by atoms with van der Waals surface area (Å²) in [6, 6.07) is 4.77. The third kappa shape index (κ3) is 2.91. The highest BCUT2D eigenvalue weighted by atomic mass is 35.5. The van der Waals surface area contributed by atoms with Gasteiger partial charge in [-0.2, -0.15) is 5.10 Å². The minimum Gasteiger partial charge on any atom is -0.399 e. The van der Waals surface area contributed by atoms with E-state index in [-0.39, 0.29) is 5.69 Å². The van der Waals surface area contributed by atoms with Crippen molar-refractivity contribution in [2.45, 2.75) is 0 Å². The molecule has 0 aromatic carbocycles. The molecule has 6 nitrogen and oxygen atoms in total. The van der Waals surface area contributed by atoms with E-state index in [1.165, 1.54) is 30.3 Å². The van der Waals surface area contributed by atoms with E-state index >= 15 is 0 Å². The number of aromatic nitrogens is 3. The molecular weight excluding hydrogens is 291 g/mol. The van der Waals surface area contributed by atoms with Crippen LogP contribution in [0, 0.1) is 0 Å². The van der Waals surface area contributed by atoms with Crippen molar-refractivity contribution in [1.29, 1.82) is 0 Å². The summed E-state index contributed by atoms with van der Waals surface area (Å²) in [5.41, 5.74) is 0.535. The van der Waals surface area contributed by atoms with Crippen molar-refractivity contribution in [1.82, 2.24) is 14.8 Å². The van der Waals surface area contributed by atoms with E-state index in [4.69, 9.17) is 23.2 Å². The molecule has 2 rings (SSSR count). The number of halogens is 2. The lowest BCUT2D eigenvalue weighted by atomic mass is 10.4. The van der Waals surface area contributed by atoms with Gasteiger partial charge in [0.2, 0.25) is 0 Å². The largest absolute Gasteiger partial charge is 0.399 e. The first-order chi connectivity index (χ1) is 9.13. The summed E-state index contributed by atoms with van der Waals surface area (Å²) >= 11 is 11.5. The lowest BCUT2D eigenvalue weighted by Gasteiger charge is -2.04. The molecule has 0 saturated carbocycles. The van der Waals surface area contributed by atoms with Crippen molar-refractivity contribution >= 4 is 34.7 Å². The van der Waals surface area contributed by atoms with Crippen LogP contribution in [0.5, 0.6) is 0 Å². The number of carbonyl (C=O) groups is 1. The molecule has 0 N–H and O–H groups in total. The standard InChI is InChI=1S/C11H8Cl2N4O2/c1-19-15-6-7-5-9(10(13)18)17(16-7)11-8(12)3-2-4-14-11/h2-6H,1H3/b15-6+. The molecule has 98 valence electrons. The first kappa shape index (κ1) is 13.5. The third-order valence-electron chi connectivity index (χ3n) is 2.16. The fourth-order valence-electron chi connectivity index (χ4n) is 1.40. The second-order valence-electron chi connectivity index (χ2n) is 3.37. The SMILES string of the molecule is CO/N=C/c1cc(C(=O)Cl)n(-c2ncccc2Cl)n1. The summed E-state index contributed by atoms with van der Waals surface area (Å²) in [7, 11) is 1.40. The van der Waals surface area contributed by atoms with Crippen molar-refractivity contribution in [3.05, 3.63) is 40.8 Å². The van der Waals surface area contributed by atoms with Crippen molar-refractivity contribution in [2.24, 2.45) is 5.16 Å². The molecule has 0 bridgehead atoms. The molecule has 2 heterocycles. The lowest BCUT2D eigenvalue weighted by molar-refractivity contribution is 0.107. The van der Waals surface area contributed by atoms with Gasteiger partial charge in [-0.15, -0.1) is 0 Å². The first-order valence-corrected chi connectivity index (χ1v) is 5.86. The Kier molecular flexibility index (Phi) is 4.13. The summed E-state index contributed by atoms with van der Waals surface area (Å²) < 4.78 is 1.26. The summed E-state index contributed by atoms with van der Waals surface area (Å²) in [5.74, 6) is 0.310. The fourth-order valence-corrected chi connectivity index (χ4v) is 1.74. The topological polar surface area (TPSA) is 69.4 Å². The fraction of sp³-hybridized carbons (Fsp3) is 0.0909. The number of carbonyl (C=O) groups excluding carboxylic acids is 1. The van der Waals surface area contributed by atoms with Gasteiger partial charge in [-0.3, -0.25) is 4.79 Å². The van der Waals surface area contributed by atoms with Crippen molar-refractivity contribution < 1.29 is 9.63 Å². The van der Waals surface area contributed by atoms with Crippen LogP contribution in [-0.2, 0) is 4.84 Å². The van der Waals surface area contributed by atoms with Crippen LogP contribution in [0.2, 0.25) is 5.02 Å². The smallest absolute Gasteiger partial charge is 0.271 e. The van der Waals surface area contributed by atoms with Gasteiger partial charge in [0.1, 0.15) is 18.5 Å². The first-order valence-electron chi connectivity index (χ1n) is 5.11. The Balaban J connectivity index is 2.55. The molecule has 2 aromatic heterocycles. The van der Waals surface area contributed by atoms with E-state index < -0.39 is 5.24 Å². The van der Waals surface area contributed by atoms with E-state index in [9.17, 15) is 4.79 Å². The summed E-state index contributed by atoms with van der Waals surface area (Å²) in [5, 5.41) is 7.37. The zero-order valence-corrected chi connectivity index (χ0v) is 11.3. The van der Waals surface area contributed by atoms with E-state index in [1.54, 1.807) is 12.1 Å². The third-order valence-corrected chi connectivity index (χ3v) is 2.65. The Bertz CT molecular complexity index is 639. The Morgan fingerprint density at radius 2 is 2.37 bits per heavy atom. The molecular formula is C11H8Cl2N4O2. The van der Waals surface area contributed by atoms with Crippen LogP contribution >= 0.6 is 23.2 Å². The van der Waals surface area contributed by atoms with Gasteiger partial charge in [0.05, 0.1) is 11.2 Å². The van der Waals surface area contributed by atoms with Gasteiger partial charge in [-0.05, 0) is 29.8 Å². The van der Waals surface area contributed by atoms with Gasteiger partial charge in [0, 0.05) is 6.20 Å². The summed E-state index contributed by atoms with van der Waals surface area (Å²) in [4.78, 5) is 20.0. The van der Waals surface area contributed by atoms with Gasteiger partial charge >= 0.3 is 0 Å². The van der Waals surface area contributed by atoms with E-state index in [0.29, 0.717) is 16.5 Å². The average Bonchev–Trinajstić information content (AvgIpc) is 2.81.